The fraction of sp³-hybridized carbons (Fsp3) is 0.250. The van der Waals surface area contributed by atoms with Gasteiger partial charge in [-0.3, -0.25) is 0 Å². The van der Waals surface area contributed by atoms with Gasteiger partial charge >= 0.3 is 5.97 Å². The first kappa shape index (κ1) is 13.0. The summed E-state index contributed by atoms with van der Waals surface area (Å²) in [7, 11) is 0. The zero-order valence-electron chi connectivity index (χ0n) is 8.98. The molecule has 1 rings (SSSR count). The van der Waals surface area contributed by atoms with Crippen LogP contribution >= 0.6 is 22.6 Å². The molecule has 0 N–H and O–H groups in total. The second-order valence-electron chi connectivity index (χ2n) is 2.92. The summed E-state index contributed by atoms with van der Waals surface area (Å²) in [6, 6.07) is 7.54. The molecule has 0 aliphatic heterocycles. The van der Waals surface area contributed by atoms with E-state index >= 15 is 0 Å². The number of ether oxygens (including phenoxy) is 2. The van der Waals surface area contributed by atoms with Crippen LogP contribution in [0.1, 0.15) is 12.5 Å². The third-order valence-corrected chi connectivity index (χ3v) is 2.17. The molecule has 0 aliphatic rings. The number of rotatable bonds is 5. The van der Waals surface area contributed by atoms with Crippen LogP contribution in [0.2, 0.25) is 0 Å². The molecule has 0 heterocycles. The fourth-order valence-electron chi connectivity index (χ4n) is 1.16. The van der Waals surface area contributed by atoms with Gasteiger partial charge in [0.15, 0.2) is 6.61 Å². The van der Waals surface area contributed by atoms with Gasteiger partial charge < -0.3 is 9.47 Å². The number of para-hydroxylation sites is 1. The number of hydrogen-bond donors (Lipinski definition) is 0. The van der Waals surface area contributed by atoms with Gasteiger partial charge in [-0.05, 0) is 23.1 Å². The predicted molar refractivity (Wildman–Crippen MR) is 71.6 cm³/mol. The zero-order chi connectivity index (χ0) is 11.8. The smallest absolute Gasteiger partial charge is 0.344 e. The second kappa shape index (κ2) is 7.27. The van der Waals surface area contributed by atoms with Crippen molar-refractivity contribution >= 4 is 34.6 Å². The van der Waals surface area contributed by atoms with Gasteiger partial charge in [-0.25, -0.2) is 4.79 Å². The Balaban J connectivity index is 2.62. The van der Waals surface area contributed by atoms with E-state index in [1.165, 1.54) is 0 Å². The molecule has 0 aromatic heterocycles. The summed E-state index contributed by atoms with van der Waals surface area (Å²) in [6.45, 7) is 2.09. The molecule has 16 heavy (non-hydrogen) atoms. The monoisotopic (exact) mass is 332 g/mol. The summed E-state index contributed by atoms with van der Waals surface area (Å²) in [5.41, 5.74) is 0.946. The van der Waals surface area contributed by atoms with Crippen molar-refractivity contribution in [1.29, 1.82) is 0 Å². The van der Waals surface area contributed by atoms with Crippen molar-refractivity contribution in [2.24, 2.45) is 0 Å². The van der Waals surface area contributed by atoms with Crippen molar-refractivity contribution in [3.63, 3.8) is 0 Å². The van der Waals surface area contributed by atoms with E-state index in [9.17, 15) is 4.79 Å². The summed E-state index contributed by atoms with van der Waals surface area (Å²) in [5.74, 6) is 0.333. The molecule has 1 aromatic carbocycles. The van der Waals surface area contributed by atoms with Crippen LogP contribution in [-0.4, -0.2) is 19.2 Å². The molecule has 86 valence electrons. The molecule has 0 spiro atoms. The van der Waals surface area contributed by atoms with E-state index in [2.05, 4.69) is 22.6 Å². The molecular formula is C12H13IO3. The first-order valence-corrected chi connectivity index (χ1v) is 6.16. The van der Waals surface area contributed by atoms with Crippen LogP contribution in [0.4, 0.5) is 0 Å². The maximum absolute atomic E-state index is 11.1. The van der Waals surface area contributed by atoms with E-state index in [-0.39, 0.29) is 12.6 Å². The molecule has 0 unspecified atom stereocenters. The number of hydrogen-bond acceptors (Lipinski definition) is 3. The Labute approximate surface area is 109 Å². The highest BCUT2D eigenvalue weighted by atomic mass is 127. The standard InChI is InChI=1S/C12H13IO3/c1-2-15-12(14)9-16-11-6-4-3-5-10(11)7-8-13/h3-8H,2,9H2,1H3/b8-7+. The molecular weight excluding hydrogens is 319 g/mol. The molecule has 0 amide bonds. The van der Waals surface area contributed by atoms with Crippen LogP contribution in [0.15, 0.2) is 28.3 Å². The predicted octanol–water partition coefficient (Wildman–Crippen LogP) is 3.03. The molecule has 0 atom stereocenters. The minimum Gasteiger partial charge on any atom is -0.481 e. The van der Waals surface area contributed by atoms with Gasteiger partial charge in [-0.1, -0.05) is 40.8 Å². The van der Waals surface area contributed by atoms with Gasteiger partial charge in [0.05, 0.1) is 6.61 Å². The summed E-state index contributed by atoms with van der Waals surface area (Å²) < 4.78 is 12.0. The van der Waals surface area contributed by atoms with E-state index < -0.39 is 0 Å². The highest BCUT2D eigenvalue weighted by molar-refractivity contribution is 14.1. The Hall–Kier alpha value is -1.04. The molecule has 0 saturated heterocycles. The Morgan fingerprint density at radius 1 is 1.44 bits per heavy atom. The van der Waals surface area contributed by atoms with Crippen molar-refractivity contribution < 1.29 is 14.3 Å². The molecule has 4 heteroatoms. The van der Waals surface area contributed by atoms with Gasteiger partial charge in [-0.15, -0.1) is 0 Å². The maximum Gasteiger partial charge on any atom is 0.344 e. The zero-order valence-corrected chi connectivity index (χ0v) is 11.1. The SMILES string of the molecule is CCOC(=O)COc1ccccc1/C=C/I. The molecule has 0 aliphatic carbocycles. The van der Waals surface area contributed by atoms with Crippen molar-refractivity contribution in [3.05, 3.63) is 33.9 Å². The Morgan fingerprint density at radius 2 is 2.19 bits per heavy atom. The van der Waals surface area contributed by atoms with Crippen LogP contribution < -0.4 is 4.74 Å². The van der Waals surface area contributed by atoms with Gasteiger partial charge in [0.2, 0.25) is 0 Å². The average Bonchev–Trinajstić information content (AvgIpc) is 2.29. The van der Waals surface area contributed by atoms with Crippen LogP contribution in [0.5, 0.6) is 5.75 Å². The van der Waals surface area contributed by atoms with Crippen molar-refractivity contribution in [1.82, 2.24) is 0 Å². The third kappa shape index (κ3) is 4.22. The molecule has 0 radical (unpaired) electrons. The Kier molecular flexibility index (Phi) is 5.92. The van der Waals surface area contributed by atoms with Crippen LogP contribution in [0.25, 0.3) is 6.08 Å². The van der Waals surface area contributed by atoms with E-state index in [0.29, 0.717) is 12.4 Å². The van der Waals surface area contributed by atoms with Crippen molar-refractivity contribution in [3.8, 4) is 5.75 Å². The largest absolute Gasteiger partial charge is 0.481 e. The van der Waals surface area contributed by atoms with Gasteiger partial charge in [0.25, 0.3) is 0 Å². The summed E-state index contributed by atoms with van der Waals surface area (Å²) in [4.78, 5) is 11.1. The van der Waals surface area contributed by atoms with Gasteiger partial charge in [0, 0.05) is 5.56 Å². The highest BCUT2D eigenvalue weighted by Crippen LogP contribution is 2.19. The molecule has 0 saturated carbocycles. The second-order valence-corrected chi connectivity index (χ2v) is 3.64. The van der Waals surface area contributed by atoms with E-state index in [1.54, 1.807) is 6.92 Å². The van der Waals surface area contributed by atoms with Gasteiger partial charge in [0.1, 0.15) is 5.75 Å². The number of carbonyl (C=O) groups excluding carboxylic acids is 1. The number of benzene rings is 1. The number of esters is 1. The maximum atomic E-state index is 11.1. The van der Waals surface area contributed by atoms with Crippen LogP contribution in [0, 0.1) is 0 Å². The average molecular weight is 332 g/mol. The minimum absolute atomic E-state index is 0.0556. The lowest BCUT2D eigenvalue weighted by atomic mass is 10.2. The molecule has 1 aromatic rings. The third-order valence-electron chi connectivity index (χ3n) is 1.81. The van der Waals surface area contributed by atoms with Crippen LogP contribution in [0.3, 0.4) is 0 Å². The topological polar surface area (TPSA) is 35.5 Å². The summed E-state index contributed by atoms with van der Waals surface area (Å²) in [6.07, 6.45) is 1.92. The minimum atomic E-state index is -0.351. The number of halogens is 1. The lowest BCUT2D eigenvalue weighted by molar-refractivity contribution is -0.145. The van der Waals surface area contributed by atoms with Crippen LogP contribution in [-0.2, 0) is 9.53 Å². The first-order chi connectivity index (χ1) is 7.77. The summed E-state index contributed by atoms with van der Waals surface area (Å²) >= 11 is 2.14. The van der Waals surface area contributed by atoms with E-state index in [4.69, 9.17) is 9.47 Å². The summed E-state index contributed by atoms with van der Waals surface area (Å²) in [5, 5.41) is 0. The van der Waals surface area contributed by atoms with Gasteiger partial charge in [-0.2, -0.15) is 0 Å². The Bertz CT molecular complexity index is 374. The normalized spacial score (nSPS) is 10.4. The number of carbonyl (C=O) groups is 1. The van der Waals surface area contributed by atoms with E-state index in [1.807, 2.05) is 34.4 Å². The quantitative estimate of drug-likeness (QED) is 0.614. The van der Waals surface area contributed by atoms with E-state index in [0.717, 1.165) is 5.56 Å². The molecule has 0 bridgehead atoms. The lowest BCUT2D eigenvalue weighted by Gasteiger charge is -2.08. The Morgan fingerprint density at radius 3 is 2.88 bits per heavy atom. The fourth-order valence-corrected chi connectivity index (χ4v) is 1.54. The first-order valence-electron chi connectivity index (χ1n) is 4.92. The molecule has 3 nitrogen and oxygen atoms in total. The van der Waals surface area contributed by atoms with Crippen molar-refractivity contribution in [2.45, 2.75) is 6.92 Å². The molecule has 0 fully saturated rings. The van der Waals surface area contributed by atoms with Crippen molar-refractivity contribution in [2.75, 3.05) is 13.2 Å². The highest BCUT2D eigenvalue weighted by Gasteiger charge is 2.04. The lowest BCUT2D eigenvalue weighted by Crippen LogP contribution is -2.14.